The summed E-state index contributed by atoms with van der Waals surface area (Å²) in [5, 5.41) is 4.01. The third-order valence-corrected chi connectivity index (χ3v) is 4.11. The summed E-state index contributed by atoms with van der Waals surface area (Å²) >= 11 is 5.91. The van der Waals surface area contributed by atoms with Crippen molar-refractivity contribution in [3.8, 4) is 0 Å². The van der Waals surface area contributed by atoms with Crippen molar-refractivity contribution in [2.24, 2.45) is 0 Å². The highest BCUT2D eigenvalue weighted by Gasteiger charge is 2.16. The number of hydrogen-bond donors (Lipinski definition) is 1. The van der Waals surface area contributed by atoms with Crippen LogP contribution in [-0.4, -0.2) is 18.5 Å². The number of carbonyl (C=O) groups excluding carboxylic acids is 2. The highest BCUT2D eigenvalue weighted by Crippen LogP contribution is 2.24. The molecule has 3 rings (SSSR count). The molecule has 0 fully saturated rings. The van der Waals surface area contributed by atoms with Crippen LogP contribution in [0.15, 0.2) is 52.9 Å². The van der Waals surface area contributed by atoms with Crippen molar-refractivity contribution in [3.05, 3.63) is 64.9 Å². The van der Waals surface area contributed by atoms with E-state index in [0.29, 0.717) is 21.7 Å². The second-order valence-corrected chi connectivity index (χ2v) is 6.60. The Morgan fingerprint density at radius 2 is 1.92 bits per heavy atom. The highest BCUT2D eigenvalue weighted by atomic mass is 35.5. The molecule has 0 spiro atoms. The number of furan rings is 1. The van der Waals surface area contributed by atoms with Crippen molar-refractivity contribution in [2.75, 3.05) is 11.9 Å². The Bertz CT molecular complexity index is 961. The molecule has 0 aliphatic carbocycles. The molecule has 1 N–H and O–H groups in total. The number of hydrogen-bond acceptors (Lipinski definition) is 4. The fourth-order valence-corrected chi connectivity index (χ4v) is 2.80. The lowest BCUT2D eigenvalue weighted by molar-refractivity contribution is -0.119. The Morgan fingerprint density at radius 3 is 2.69 bits per heavy atom. The van der Waals surface area contributed by atoms with Gasteiger partial charge in [-0.25, -0.2) is 4.79 Å². The first-order chi connectivity index (χ1) is 12.4. The molecular weight excluding hydrogens is 354 g/mol. The van der Waals surface area contributed by atoms with Gasteiger partial charge in [0.2, 0.25) is 5.76 Å². The van der Waals surface area contributed by atoms with Crippen molar-refractivity contribution in [3.63, 3.8) is 0 Å². The molecule has 0 saturated heterocycles. The standard InChI is InChI=1S/C20H18ClNO4/c1-12(2)15-5-3-4-6-16(15)22-19(23)11-25-20(24)18-10-13-9-14(21)7-8-17(13)26-18/h3-10,12H,11H2,1-2H3,(H,22,23). The summed E-state index contributed by atoms with van der Waals surface area (Å²) in [6, 6.07) is 14.1. The second-order valence-electron chi connectivity index (χ2n) is 6.16. The van der Waals surface area contributed by atoms with Gasteiger partial charge in [-0.05, 0) is 41.8 Å². The van der Waals surface area contributed by atoms with E-state index in [1.165, 1.54) is 6.07 Å². The van der Waals surface area contributed by atoms with Gasteiger partial charge in [-0.1, -0.05) is 43.6 Å². The van der Waals surface area contributed by atoms with Crippen LogP contribution in [0.25, 0.3) is 11.0 Å². The molecule has 0 atom stereocenters. The van der Waals surface area contributed by atoms with Crippen LogP contribution in [-0.2, 0) is 9.53 Å². The summed E-state index contributed by atoms with van der Waals surface area (Å²) < 4.78 is 10.5. The van der Waals surface area contributed by atoms with Crippen molar-refractivity contribution in [1.82, 2.24) is 0 Å². The molecule has 2 aromatic carbocycles. The van der Waals surface area contributed by atoms with E-state index < -0.39 is 18.5 Å². The highest BCUT2D eigenvalue weighted by molar-refractivity contribution is 6.31. The van der Waals surface area contributed by atoms with Crippen molar-refractivity contribution >= 4 is 40.1 Å². The van der Waals surface area contributed by atoms with Crippen molar-refractivity contribution in [1.29, 1.82) is 0 Å². The molecule has 6 heteroatoms. The first-order valence-electron chi connectivity index (χ1n) is 8.19. The lowest BCUT2D eigenvalue weighted by Gasteiger charge is -2.13. The van der Waals surface area contributed by atoms with Gasteiger partial charge < -0.3 is 14.5 Å². The van der Waals surface area contributed by atoms with E-state index in [9.17, 15) is 9.59 Å². The molecule has 0 unspecified atom stereocenters. The smallest absolute Gasteiger partial charge is 0.374 e. The topological polar surface area (TPSA) is 68.5 Å². The number of amides is 1. The number of halogens is 1. The van der Waals surface area contributed by atoms with E-state index in [-0.39, 0.29) is 11.7 Å². The SMILES string of the molecule is CC(C)c1ccccc1NC(=O)COC(=O)c1cc2cc(Cl)ccc2o1. The number of esters is 1. The van der Waals surface area contributed by atoms with Crippen LogP contribution in [0.5, 0.6) is 0 Å². The van der Waals surface area contributed by atoms with E-state index in [2.05, 4.69) is 5.32 Å². The van der Waals surface area contributed by atoms with E-state index in [1.807, 2.05) is 38.1 Å². The van der Waals surface area contributed by atoms with Crippen molar-refractivity contribution < 1.29 is 18.7 Å². The lowest BCUT2D eigenvalue weighted by Crippen LogP contribution is -2.21. The fraction of sp³-hybridized carbons (Fsp3) is 0.200. The molecule has 134 valence electrons. The zero-order valence-corrected chi connectivity index (χ0v) is 15.2. The summed E-state index contributed by atoms with van der Waals surface area (Å²) in [6.45, 7) is 3.68. The van der Waals surface area contributed by atoms with Gasteiger partial charge in [-0.3, -0.25) is 4.79 Å². The fourth-order valence-electron chi connectivity index (χ4n) is 2.62. The molecule has 0 saturated carbocycles. The Morgan fingerprint density at radius 1 is 1.15 bits per heavy atom. The van der Waals surface area contributed by atoms with Crippen LogP contribution >= 0.6 is 11.6 Å². The summed E-state index contributed by atoms with van der Waals surface area (Å²) in [6.07, 6.45) is 0. The van der Waals surface area contributed by atoms with E-state index in [0.717, 1.165) is 5.56 Å². The quantitative estimate of drug-likeness (QED) is 0.640. The maximum Gasteiger partial charge on any atom is 0.374 e. The molecule has 26 heavy (non-hydrogen) atoms. The number of rotatable bonds is 5. The minimum atomic E-state index is -0.704. The third-order valence-electron chi connectivity index (χ3n) is 3.87. The maximum absolute atomic E-state index is 12.1. The number of anilines is 1. The predicted molar refractivity (Wildman–Crippen MR) is 101 cm³/mol. The van der Waals surface area contributed by atoms with E-state index in [1.54, 1.807) is 18.2 Å². The molecule has 1 heterocycles. The van der Waals surface area contributed by atoms with Crippen LogP contribution in [0.2, 0.25) is 5.02 Å². The summed E-state index contributed by atoms with van der Waals surface area (Å²) in [4.78, 5) is 24.2. The van der Waals surface area contributed by atoms with Crippen LogP contribution in [0.4, 0.5) is 5.69 Å². The van der Waals surface area contributed by atoms with E-state index >= 15 is 0 Å². The average Bonchev–Trinajstić information content (AvgIpc) is 3.03. The van der Waals surface area contributed by atoms with Crippen LogP contribution in [0.3, 0.4) is 0 Å². The van der Waals surface area contributed by atoms with Crippen LogP contribution in [0, 0.1) is 0 Å². The Kier molecular flexibility index (Phi) is 5.28. The molecule has 0 aliphatic heterocycles. The largest absolute Gasteiger partial charge is 0.450 e. The number of benzene rings is 2. The summed E-state index contributed by atoms with van der Waals surface area (Å²) in [7, 11) is 0. The molecule has 0 aliphatic rings. The minimum absolute atomic E-state index is 0.0256. The van der Waals surface area contributed by atoms with Gasteiger partial charge >= 0.3 is 5.97 Å². The van der Waals surface area contributed by atoms with E-state index in [4.69, 9.17) is 20.8 Å². The van der Waals surface area contributed by atoms with Gasteiger partial charge in [0.25, 0.3) is 5.91 Å². The molecule has 1 amide bonds. The van der Waals surface area contributed by atoms with Gasteiger partial charge in [0.05, 0.1) is 0 Å². The first-order valence-corrected chi connectivity index (χ1v) is 8.57. The number of fused-ring (bicyclic) bond motifs is 1. The predicted octanol–water partition coefficient (Wildman–Crippen LogP) is 5.01. The number of ether oxygens (including phenoxy) is 1. The number of carbonyl (C=O) groups is 2. The lowest BCUT2D eigenvalue weighted by atomic mass is 10.0. The normalized spacial score (nSPS) is 10.9. The maximum atomic E-state index is 12.1. The van der Waals surface area contributed by atoms with Gasteiger partial charge in [0.1, 0.15) is 5.58 Å². The van der Waals surface area contributed by atoms with Crippen LogP contribution in [0.1, 0.15) is 35.9 Å². The number of nitrogens with one attached hydrogen (secondary N) is 1. The molecule has 3 aromatic rings. The Labute approximate surface area is 155 Å². The zero-order valence-electron chi connectivity index (χ0n) is 14.4. The minimum Gasteiger partial charge on any atom is -0.450 e. The Hall–Kier alpha value is -2.79. The first kappa shape index (κ1) is 18.0. The summed E-state index contributed by atoms with van der Waals surface area (Å²) in [5.74, 6) is -0.829. The monoisotopic (exact) mass is 371 g/mol. The van der Waals surface area contributed by atoms with Gasteiger partial charge in [0.15, 0.2) is 6.61 Å². The van der Waals surface area contributed by atoms with Gasteiger partial charge in [0, 0.05) is 16.1 Å². The van der Waals surface area contributed by atoms with Crippen molar-refractivity contribution in [2.45, 2.75) is 19.8 Å². The number of para-hydroxylation sites is 1. The van der Waals surface area contributed by atoms with Gasteiger partial charge in [-0.15, -0.1) is 0 Å². The molecule has 0 radical (unpaired) electrons. The van der Waals surface area contributed by atoms with Gasteiger partial charge in [-0.2, -0.15) is 0 Å². The summed E-state index contributed by atoms with van der Waals surface area (Å²) in [5.41, 5.74) is 2.25. The second kappa shape index (κ2) is 7.62. The molecular formula is C20H18ClNO4. The van der Waals surface area contributed by atoms with Crippen LogP contribution < -0.4 is 5.32 Å². The average molecular weight is 372 g/mol. The molecule has 1 aromatic heterocycles. The zero-order chi connectivity index (χ0) is 18.7. The molecule has 5 nitrogen and oxygen atoms in total. The Balaban J connectivity index is 1.63. The third kappa shape index (κ3) is 4.06. The molecule has 0 bridgehead atoms.